The Morgan fingerprint density at radius 3 is 2.87 bits per heavy atom. The summed E-state index contributed by atoms with van der Waals surface area (Å²) in [6.07, 6.45) is 4.56. The van der Waals surface area contributed by atoms with Gasteiger partial charge in [-0.3, -0.25) is 9.59 Å². The quantitative estimate of drug-likeness (QED) is 0.701. The van der Waals surface area contributed by atoms with E-state index < -0.39 is 5.41 Å². The van der Waals surface area contributed by atoms with E-state index in [2.05, 4.69) is 28.4 Å². The lowest BCUT2D eigenvalue weighted by Crippen LogP contribution is -2.40. The maximum atomic E-state index is 13.7. The van der Waals surface area contributed by atoms with Crippen molar-refractivity contribution in [3.8, 4) is 0 Å². The molecule has 2 aromatic heterocycles. The van der Waals surface area contributed by atoms with Gasteiger partial charge >= 0.3 is 0 Å². The summed E-state index contributed by atoms with van der Waals surface area (Å²) in [4.78, 5) is 39.1. The van der Waals surface area contributed by atoms with E-state index in [1.807, 2.05) is 29.7 Å². The van der Waals surface area contributed by atoms with Crippen LogP contribution in [0.25, 0.3) is 0 Å². The number of ether oxygens (including phenoxy) is 1. The minimum absolute atomic E-state index is 0.0270. The highest BCUT2D eigenvalue weighted by molar-refractivity contribution is 7.09. The Morgan fingerprint density at radius 2 is 2.23 bits per heavy atom. The summed E-state index contributed by atoms with van der Waals surface area (Å²) in [6.45, 7) is 8.29. The average molecular weight is 432 g/mol. The van der Waals surface area contributed by atoms with Crippen molar-refractivity contribution in [3.63, 3.8) is 0 Å². The molecule has 2 fully saturated rings. The number of methoxy groups -OCH3 is 1. The molecule has 2 atom stereocenters. The predicted octanol–water partition coefficient (Wildman–Crippen LogP) is 2.22. The van der Waals surface area contributed by atoms with Gasteiger partial charge in [-0.05, 0) is 27.2 Å². The highest BCUT2D eigenvalue weighted by Crippen LogP contribution is 2.50. The van der Waals surface area contributed by atoms with E-state index >= 15 is 0 Å². The summed E-state index contributed by atoms with van der Waals surface area (Å²) in [5, 5.41) is 3.01. The van der Waals surface area contributed by atoms with Crippen LogP contribution in [0.15, 0.2) is 17.9 Å². The van der Waals surface area contributed by atoms with Crippen molar-refractivity contribution < 1.29 is 14.3 Å². The molecule has 9 heteroatoms. The van der Waals surface area contributed by atoms with Gasteiger partial charge in [0.15, 0.2) is 0 Å². The second-order valence-corrected chi connectivity index (χ2v) is 9.65. The molecule has 0 aliphatic carbocycles. The Balaban J connectivity index is 1.63. The second kappa shape index (κ2) is 8.11. The smallest absolute Gasteiger partial charge is 0.248 e. The molecule has 0 saturated carbocycles. The van der Waals surface area contributed by atoms with Crippen LogP contribution in [0.1, 0.15) is 48.6 Å². The van der Waals surface area contributed by atoms with Crippen LogP contribution in [0.5, 0.6) is 0 Å². The zero-order chi connectivity index (χ0) is 21.5. The molecule has 1 spiro atoms. The Bertz CT molecular complexity index is 939. The third kappa shape index (κ3) is 3.65. The van der Waals surface area contributed by atoms with Crippen molar-refractivity contribution in [1.29, 1.82) is 0 Å². The monoisotopic (exact) mass is 431 g/mol. The first-order chi connectivity index (χ1) is 14.3. The van der Waals surface area contributed by atoms with E-state index in [0.717, 1.165) is 16.4 Å². The zero-order valence-electron chi connectivity index (χ0n) is 18.0. The van der Waals surface area contributed by atoms with Crippen molar-refractivity contribution in [2.24, 2.45) is 5.41 Å². The van der Waals surface area contributed by atoms with Crippen LogP contribution >= 0.6 is 11.3 Å². The Labute approximate surface area is 180 Å². The van der Waals surface area contributed by atoms with E-state index in [-0.39, 0.29) is 24.3 Å². The lowest BCUT2D eigenvalue weighted by Gasteiger charge is -2.27. The van der Waals surface area contributed by atoms with Crippen LogP contribution in [0.4, 0.5) is 0 Å². The number of aryl methyl sites for hydroxylation is 1. The molecule has 8 nitrogen and oxygen atoms in total. The van der Waals surface area contributed by atoms with Gasteiger partial charge in [0.05, 0.1) is 34.7 Å². The molecular formula is C21H29N5O3S. The molecule has 0 N–H and O–H groups in total. The van der Waals surface area contributed by atoms with Crippen LogP contribution in [0, 0.1) is 12.3 Å². The molecular weight excluding hydrogens is 402 g/mol. The summed E-state index contributed by atoms with van der Waals surface area (Å²) in [7, 11) is 1.52. The van der Waals surface area contributed by atoms with Gasteiger partial charge in [0, 0.05) is 50.3 Å². The van der Waals surface area contributed by atoms with Crippen LogP contribution in [-0.4, -0.2) is 69.5 Å². The number of likely N-dealkylation sites (tertiary alicyclic amines) is 2. The summed E-state index contributed by atoms with van der Waals surface area (Å²) in [5.41, 5.74) is 1.18. The van der Waals surface area contributed by atoms with Crippen molar-refractivity contribution in [2.45, 2.75) is 45.7 Å². The third-order valence-corrected chi connectivity index (χ3v) is 7.12. The molecule has 0 radical (unpaired) electrons. The minimum Gasteiger partial charge on any atom is -0.375 e. The molecule has 4 rings (SSSR count). The summed E-state index contributed by atoms with van der Waals surface area (Å²) in [5.74, 6) is -0.0954. The van der Waals surface area contributed by atoms with E-state index in [1.54, 1.807) is 16.2 Å². The van der Waals surface area contributed by atoms with E-state index in [4.69, 9.17) is 4.74 Å². The van der Waals surface area contributed by atoms with Gasteiger partial charge in [0.2, 0.25) is 11.8 Å². The summed E-state index contributed by atoms with van der Waals surface area (Å²) < 4.78 is 7.11. The number of rotatable bonds is 6. The molecule has 2 aliphatic rings. The number of amides is 2. The van der Waals surface area contributed by atoms with E-state index in [0.29, 0.717) is 38.6 Å². The number of carbonyl (C=O) groups excluding carboxylic acids is 2. The Hall–Kier alpha value is -2.26. The van der Waals surface area contributed by atoms with Crippen molar-refractivity contribution in [1.82, 2.24) is 24.3 Å². The standard InChI is InChI=1S/C21H29N5O3S/c1-14(2)26-9-18(22-13-26)17-8-25(19(27)10-29-4)12-21(17)5-6-24(20(21)28)7-16-11-30-15(3)23-16/h9,11,13-14,17H,5-8,10,12H2,1-4H3/t17-,21-/m0/s1. The normalized spacial score (nSPS) is 24.0. The first-order valence-corrected chi connectivity index (χ1v) is 11.2. The SMILES string of the molecule is COCC(=O)N1C[C@@H](c2cn(C(C)C)cn2)[C@]2(CCN(Cc3csc(C)n3)C2=O)C1. The second-order valence-electron chi connectivity index (χ2n) is 8.59. The molecule has 2 saturated heterocycles. The third-order valence-electron chi connectivity index (χ3n) is 6.30. The van der Waals surface area contributed by atoms with Crippen LogP contribution in [-0.2, 0) is 20.9 Å². The molecule has 0 unspecified atom stereocenters. The molecule has 2 amide bonds. The molecule has 30 heavy (non-hydrogen) atoms. The van der Waals surface area contributed by atoms with Crippen LogP contribution < -0.4 is 0 Å². The first-order valence-electron chi connectivity index (χ1n) is 10.3. The van der Waals surface area contributed by atoms with E-state index in [1.165, 1.54) is 7.11 Å². The number of nitrogens with zero attached hydrogens (tertiary/aromatic N) is 5. The zero-order valence-corrected chi connectivity index (χ0v) is 18.8. The summed E-state index contributed by atoms with van der Waals surface area (Å²) >= 11 is 1.60. The fourth-order valence-electron chi connectivity index (χ4n) is 4.66. The van der Waals surface area contributed by atoms with Gasteiger partial charge in [-0.1, -0.05) is 0 Å². The lowest BCUT2D eigenvalue weighted by atomic mass is 9.75. The van der Waals surface area contributed by atoms with Gasteiger partial charge in [-0.25, -0.2) is 9.97 Å². The number of imidazole rings is 1. The molecule has 162 valence electrons. The number of hydrogen-bond acceptors (Lipinski definition) is 6. The number of hydrogen-bond donors (Lipinski definition) is 0. The van der Waals surface area contributed by atoms with Gasteiger partial charge < -0.3 is 19.1 Å². The lowest BCUT2D eigenvalue weighted by molar-refractivity contribution is -0.138. The highest BCUT2D eigenvalue weighted by Gasteiger charge is 2.58. The Morgan fingerprint density at radius 1 is 1.43 bits per heavy atom. The van der Waals surface area contributed by atoms with Crippen LogP contribution in [0.3, 0.4) is 0 Å². The maximum Gasteiger partial charge on any atom is 0.248 e. The molecule has 2 aromatic rings. The number of carbonyl (C=O) groups is 2. The predicted molar refractivity (Wildman–Crippen MR) is 113 cm³/mol. The number of thiazole rings is 1. The van der Waals surface area contributed by atoms with E-state index in [9.17, 15) is 9.59 Å². The fourth-order valence-corrected chi connectivity index (χ4v) is 5.27. The molecule has 0 aromatic carbocycles. The number of aromatic nitrogens is 3. The maximum absolute atomic E-state index is 13.7. The average Bonchev–Trinajstić information content (AvgIpc) is 3.47. The topological polar surface area (TPSA) is 80.6 Å². The fraction of sp³-hybridized carbons (Fsp3) is 0.619. The van der Waals surface area contributed by atoms with Gasteiger partial charge in [0.1, 0.15) is 6.61 Å². The summed E-state index contributed by atoms with van der Waals surface area (Å²) in [6, 6.07) is 0.290. The largest absolute Gasteiger partial charge is 0.375 e. The van der Waals surface area contributed by atoms with Crippen molar-refractivity contribution in [2.75, 3.05) is 33.4 Å². The first kappa shape index (κ1) is 21.0. The molecule has 4 heterocycles. The molecule has 2 aliphatic heterocycles. The van der Waals surface area contributed by atoms with Crippen LogP contribution in [0.2, 0.25) is 0 Å². The minimum atomic E-state index is -0.634. The van der Waals surface area contributed by atoms with Crippen molar-refractivity contribution in [3.05, 3.63) is 34.3 Å². The van der Waals surface area contributed by atoms with Crippen molar-refractivity contribution >= 4 is 23.2 Å². The Kier molecular flexibility index (Phi) is 5.67. The highest BCUT2D eigenvalue weighted by atomic mass is 32.1. The molecule has 0 bridgehead atoms. The van der Waals surface area contributed by atoms with Gasteiger partial charge in [-0.15, -0.1) is 11.3 Å². The van der Waals surface area contributed by atoms with Gasteiger partial charge in [-0.2, -0.15) is 0 Å². The van der Waals surface area contributed by atoms with Gasteiger partial charge in [0.25, 0.3) is 0 Å².